The fourth-order valence-corrected chi connectivity index (χ4v) is 2.12. The molecule has 5 nitrogen and oxygen atoms in total. The number of carbonyl (C=O) groups is 1. The zero-order valence-corrected chi connectivity index (χ0v) is 13.4. The van der Waals surface area contributed by atoms with Crippen molar-refractivity contribution in [2.24, 2.45) is 5.84 Å². The number of anilines is 2. The van der Waals surface area contributed by atoms with Gasteiger partial charge < -0.3 is 10.7 Å². The maximum Gasteiger partial charge on any atom is 0.274 e. The summed E-state index contributed by atoms with van der Waals surface area (Å²) in [6, 6.07) is 10.6. The number of benzene rings is 1. The fourth-order valence-electron chi connectivity index (χ4n) is 1.41. The number of nitrogens with two attached hydrogens (primary N) is 1. The van der Waals surface area contributed by atoms with Crippen molar-refractivity contribution < 1.29 is 4.79 Å². The first-order valence-corrected chi connectivity index (χ1v) is 7.17. The second kappa shape index (κ2) is 6.31. The Bertz CT molecular complexity index is 620. The van der Waals surface area contributed by atoms with Gasteiger partial charge in [0.2, 0.25) is 0 Å². The fraction of sp³-hybridized carbons (Fsp3) is 0. The summed E-state index contributed by atoms with van der Waals surface area (Å²) in [5, 5.41) is 2.77. The van der Waals surface area contributed by atoms with Gasteiger partial charge in [0.05, 0.1) is 0 Å². The van der Waals surface area contributed by atoms with Crippen molar-refractivity contribution in [3.8, 4) is 0 Å². The van der Waals surface area contributed by atoms with Crippen LogP contribution in [0.15, 0.2) is 40.9 Å². The molecule has 1 aromatic carbocycles. The van der Waals surface area contributed by atoms with Crippen LogP contribution >= 0.6 is 38.5 Å². The predicted octanol–water partition coefficient (Wildman–Crippen LogP) is 2.99. The van der Waals surface area contributed by atoms with E-state index in [4.69, 9.17) is 5.84 Å². The molecule has 98 valence electrons. The zero-order chi connectivity index (χ0) is 13.8. The Hall–Kier alpha value is -1.19. The minimum atomic E-state index is -0.287. The molecule has 0 bridgehead atoms. The van der Waals surface area contributed by atoms with E-state index < -0.39 is 0 Å². The molecule has 0 saturated carbocycles. The molecule has 0 fully saturated rings. The van der Waals surface area contributed by atoms with Crippen LogP contribution in [0, 0.1) is 3.57 Å². The number of rotatable bonds is 3. The van der Waals surface area contributed by atoms with Crippen LogP contribution in [0.5, 0.6) is 0 Å². The molecule has 0 radical (unpaired) electrons. The topological polar surface area (TPSA) is 80.0 Å². The van der Waals surface area contributed by atoms with Gasteiger partial charge in [0, 0.05) is 13.7 Å². The van der Waals surface area contributed by atoms with Crippen LogP contribution in [0.4, 0.5) is 11.5 Å². The van der Waals surface area contributed by atoms with Gasteiger partial charge >= 0.3 is 0 Å². The molecule has 19 heavy (non-hydrogen) atoms. The van der Waals surface area contributed by atoms with Gasteiger partial charge in [0.25, 0.3) is 5.91 Å². The van der Waals surface area contributed by atoms with Crippen molar-refractivity contribution in [3.05, 3.63) is 50.1 Å². The first-order valence-electron chi connectivity index (χ1n) is 5.30. The Kier molecular flexibility index (Phi) is 4.72. The summed E-state index contributed by atoms with van der Waals surface area (Å²) < 4.78 is 2.00. The number of hydrogen-bond acceptors (Lipinski definition) is 4. The minimum Gasteiger partial charge on any atom is -0.321 e. The van der Waals surface area contributed by atoms with Crippen LogP contribution < -0.4 is 16.6 Å². The summed E-state index contributed by atoms with van der Waals surface area (Å²) in [6.45, 7) is 0. The summed E-state index contributed by atoms with van der Waals surface area (Å²) in [4.78, 5) is 16.1. The van der Waals surface area contributed by atoms with Crippen molar-refractivity contribution in [3.63, 3.8) is 0 Å². The second-order valence-corrected chi connectivity index (χ2v) is 5.65. The van der Waals surface area contributed by atoms with Gasteiger partial charge in [-0.25, -0.2) is 10.8 Å². The van der Waals surface area contributed by atoms with Gasteiger partial charge in [-0.3, -0.25) is 4.79 Å². The lowest BCUT2D eigenvalue weighted by atomic mass is 10.3. The third kappa shape index (κ3) is 3.64. The molecular weight excluding hydrogens is 423 g/mol. The number of hydrazine groups is 1. The molecule has 0 spiro atoms. The van der Waals surface area contributed by atoms with Gasteiger partial charge in [-0.1, -0.05) is 6.07 Å². The van der Waals surface area contributed by atoms with Crippen LogP contribution in [-0.4, -0.2) is 10.9 Å². The number of nitrogens with one attached hydrogen (secondary N) is 2. The van der Waals surface area contributed by atoms with Gasteiger partial charge in [-0.15, -0.1) is 0 Å². The van der Waals surface area contributed by atoms with Crippen molar-refractivity contribution in [2.75, 3.05) is 10.7 Å². The van der Waals surface area contributed by atoms with Crippen molar-refractivity contribution in [1.82, 2.24) is 4.98 Å². The highest BCUT2D eigenvalue weighted by Gasteiger charge is 2.09. The first-order chi connectivity index (χ1) is 9.10. The number of pyridine rings is 1. The standard InChI is InChI=1S/C12H10BrIN4O/c13-8-6-7(4-5-9(8)14)16-12(19)10-2-1-3-11(17-10)18-15/h1-6H,15H2,(H,16,19)(H,17,18). The second-order valence-electron chi connectivity index (χ2n) is 3.64. The van der Waals surface area contributed by atoms with Crippen LogP contribution in [0.2, 0.25) is 0 Å². The summed E-state index contributed by atoms with van der Waals surface area (Å²) in [7, 11) is 0. The Balaban J connectivity index is 2.18. The normalized spacial score (nSPS) is 10.1. The Morgan fingerprint density at radius 3 is 2.79 bits per heavy atom. The number of halogens is 2. The molecule has 2 aromatic rings. The molecule has 7 heteroatoms. The average Bonchev–Trinajstić information content (AvgIpc) is 2.43. The van der Waals surface area contributed by atoms with Crippen LogP contribution in [0.25, 0.3) is 0 Å². The molecular formula is C12H10BrIN4O. The largest absolute Gasteiger partial charge is 0.321 e. The number of carbonyl (C=O) groups excluding carboxylic acids is 1. The van der Waals surface area contributed by atoms with Gasteiger partial charge in [-0.2, -0.15) is 0 Å². The lowest BCUT2D eigenvalue weighted by Crippen LogP contribution is -2.16. The zero-order valence-electron chi connectivity index (χ0n) is 9.65. The van der Waals surface area contributed by atoms with E-state index in [1.54, 1.807) is 18.2 Å². The quantitative estimate of drug-likeness (QED) is 0.395. The third-order valence-electron chi connectivity index (χ3n) is 2.31. The van der Waals surface area contributed by atoms with Crippen LogP contribution in [-0.2, 0) is 0 Å². The lowest BCUT2D eigenvalue weighted by molar-refractivity contribution is 0.102. The number of aromatic nitrogens is 1. The summed E-state index contributed by atoms with van der Waals surface area (Å²) in [6.07, 6.45) is 0. The van der Waals surface area contributed by atoms with E-state index in [1.165, 1.54) is 0 Å². The average molecular weight is 433 g/mol. The molecule has 0 aliphatic rings. The first kappa shape index (κ1) is 14.2. The smallest absolute Gasteiger partial charge is 0.274 e. The van der Waals surface area contributed by atoms with Crippen molar-refractivity contribution >= 4 is 55.9 Å². The Morgan fingerprint density at radius 2 is 2.11 bits per heavy atom. The summed E-state index contributed by atoms with van der Waals surface area (Å²) in [5.41, 5.74) is 3.40. The van der Waals surface area contributed by atoms with Crippen molar-refractivity contribution in [2.45, 2.75) is 0 Å². The third-order valence-corrected chi connectivity index (χ3v) is 4.65. The molecule has 1 aromatic heterocycles. The highest BCUT2D eigenvalue weighted by molar-refractivity contribution is 14.1. The maximum atomic E-state index is 12.0. The van der Waals surface area contributed by atoms with E-state index in [0.717, 1.165) is 8.04 Å². The van der Waals surface area contributed by atoms with E-state index in [9.17, 15) is 4.79 Å². The monoisotopic (exact) mass is 432 g/mol. The Morgan fingerprint density at radius 1 is 1.32 bits per heavy atom. The molecule has 0 atom stereocenters. The summed E-state index contributed by atoms with van der Waals surface area (Å²) >= 11 is 5.62. The van der Waals surface area contributed by atoms with Crippen LogP contribution in [0.1, 0.15) is 10.5 Å². The van der Waals surface area contributed by atoms with Crippen molar-refractivity contribution in [1.29, 1.82) is 0 Å². The lowest BCUT2D eigenvalue weighted by Gasteiger charge is -2.07. The molecule has 1 heterocycles. The molecule has 0 saturated heterocycles. The molecule has 4 N–H and O–H groups in total. The molecule has 0 aliphatic heterocycles. The van der Waals surface area contributed by atoms with E-state index in [0.29, 0.717) is 17.2 Å². The highest BCUT2D eigenvalue weighted by atomic mass is 127. The van der Waals surface area contributed by atoms with Crippen LogP contribution in [0.3, 0.4) is 0 Å². The molecule has 2 rings (SSSR count). The van der Waals surface area contributed by atoms with Gasteiger partial charge in [-0.05, 0) is 68.9 Å². The van der Waals surface area contributed by atoms with E-state index in [2.05, 4.69) is 54.2 Å². The molecule has 0 unspecified atom stereocenters. The van der Waals surface area contributed by atoms with Gasteiger partial charge in [0.15, 0.2) is 0 Å². The van der Waals surface area contributed by atoms with E-state index >= 15 is 0 Å². The number of amides is 1. The van der Waals surface area contributed by atoms with E-state index in [1.807, 2.05) is 18.2 Å². The Labute approximate surface area is 132 Å². The van der Waals surface area contributed by atoms with E-state index in [-0.39, 0.29) is 5.91 Å². The maximum absolute atomic E-state index is 12.0. The molecule has 1 amide bonds. The minimum absolute atomic E-state index is 0.287. The number of hydrogen-bond donors (Lipinski definition) is 3. The highest BCUT2D eigenvalue weighted by Crippen LogP contribution is 2.23. The number of nitrogens with zero attached hydrogens (tertiary/aromatic N) is 1. The summed E-state index contributed by atoms with van der Waals surface area (Å²) in [5.74, 6) is 5.41. The van der Waals surface area contributed by atoms with Gasteiger partial charge in [0.1, 0.15) is 11.5 Å². The number of nitrogen functional groups attached to an aromatic ring is 1. The SMILES string of the molecule is NNc1cccc(C(=O)Nc2ccc(I)c(Br)c2)n1. The predicted molar refractivity (Wildman–Crippen MR) is 86.9 cm³/mol. The molecule has 0 aliphatic carbocycles.